The Morgan fingerprint density at radius 3 is 2.83 bits per heavy atom. The van der Waals surface area contributed by atoms with Gasteiger partial charge in [0.25, 0.3) is 0 Å². The van der Waals surface area contributed by atoms with Crippen molar-refractivity contribution in [3.63, 3.8) is 0 Å². The van der Waals surface area contributed by atoms with Crippen LogP contribution in [0.15, 0.2) is 41.9 Å². The number of hydrogen-bond donors (Lipinski definition) is 0. The molecule has 0 aliphatic carbocycles. The molecule has 2 aliphatic heterocycles. The van der Waals surface area contributed by atoms with E-state index in [1.54, 1.807) is 11.3 Å². The van der Waals surface area contributed by atoms with E-state index in [9.17, 15) is 4.79 Å². The van der Waals surface area contributed by atoms with Crippen LogP contribution < -0.4 is 0 Å². The van der Waals surface area contributed by atoms with Gasteiger partial charge in [-0.2, -0.15) is 0 Å². The van der Waals surface area contributed by atoms with Gasteiger partial charge in [-0.25, -0.2) is 4.98 Å². The summed E-state index contributed by atoms with van der Waals surface area (Å²) in [5.41, 5.74) is 1.04. The van der Waals surface area contributed by atoms with Crippen LogP contribution in [0.2, 0.25) is 0 Å². The molecule has 4 rings (SSSR count). The van der Waals surface area contributed by atoms with Crippen LogP contribution >= 0.6 is 11.3 Å². The van der Waals surface area contributed by atoms with Crippen molar-refractivity contribution < 1.29 is 4.79 Å². The second kappa shape index (κ2) is 6.30. The van der Waals surface area contributed by atoms with E-state index < -0.39 is 0 Å². The number of carbonyl (C=O) groups is 1. The van der Waals surface area contributed by atoms with Gasteiger partial charge >= 0.3 is 0 Å². The summed E-state index contributed by atoms with van der Waals surface area (Å²) in [6.45, 7) is 6.42. The molecule has 1 spiro atoms. The fourth-order valence-corrected chi connectivity index (χ4v) is 5.05. The predicted octanol–water partition coefficient (Wildman–Crippen LogP) is 2.98. The topological polar surface area (TPSA) is 36.4 Å². The number of amides is 1. The Kier molecular flexibility index (Phi) is 4.14. The zero-order valence-electron chi connectivity index (χ0n) is 14.0. The van der Waals surface area contributed by atoms with E-state index in [1.165, 1.54) is 5.56 Å². The highest BCUT2D eigenvalue weighted by Gasteiger charge is 2.56. The first-order chi connectivity index (χ1) is 11.7. The van der Waals surface area contributed by atoms with E-state index >= 15 is 0 Å². The van der Waals surface area contributed by atoms with Crippen LogP contribution in [-0.2, 0) is 11.3 Å². The van der Waals surface area contributed by atoms with Crippen molar-refractivity contribution in [3.8, 4) is 0 Å². The standard InChI is InChI=1S/C19H23N3OS/c1-2-22-10-8-19(18(22)23)14-21(13-17-20-9-11-24-17)12-16(19)15-6-4-3-5-7-15/h3-7,9,11,16H,2,8,10,12-14H2,1H3/t16-,19-/m0/s1. The van der Waals surface area contributed by atoms with Crippen molar-refractivity contribution >= 4 is 17.2 Å². The molecule has 126 valence electrons. The third kappa shape index (κ3) is 2.56. The van der Waals surface area contributed by atoms with E-state index in [-0.39, 0.29) is 11.3 Å². The van der Waals surface area contributed by atoms with Crippen LogP contribution in [0, 0.1) is 5.41 Å². The summed E-state index contributed by atoms with van der Waals surface area (Å²) in [5, 5.41) is 3.16. The zero-order chi connectivity index (χ0) is 16.6. The molecular weight excluding hydrogens is 318 g/mol. The molecule has 1 amide bonds. The molecule has 1 aromatic heterocycles. The van der Waals surface area contributed by atoms with Crippen LogP contribution in [0.5, 0.6) is 0 Å². The first kappa shape index (κ1) is 15.8. The minimum absolute atomic E-state index is 0.255. The van der Waals surface area contributed by atoms with Crippen LogP contribution in [0.25, 0.3) is 0 Å². The van der Waals surface area contributed by atoms with Gasteiger partial charge in [0.05, 0.1) is 12.0 Å². The van der Waals surface area contributed by atoms with Crippen molar-refractivity contribution in [1.82, 2.24) is 14.8 Å². The molecule has 0 bridgehead atoms. The molecule has 0 N–H and O–H groups in total. The Balaban J connectivity index is 1.65. The molecule has 2 atom stereocenters. The Hall–Kier alpha value is -1.72. The van der Waals surface area contributed by atoms with Gasteiger partial charge in [0, 0.05) is 43.7 Å². The number of rotatable bonds is 4. The van der Waals surface area contributed by atoms with Gasteiger partial charge in [-0.15, -0.1) is 11.3 Å². The number of likely N-dealkylation sites (tertiary alicyclic amines) is 2. The third-order valence-corrected chi connectivity index (χ3v) is 6.34. The van der Waals surface area contributed by atoms with E-state index in [1.807, 2.05) is 22.5 Å². The Morgan fingerprint density at radius 2 is 2.17 bits per heavy atom. The minimum Gasteiger partial charge on any atom is -0.342 e. The third-order valence-electron chi connectivity index (χ3n) is 5.58. The number of nitrogens with zero attached hydrogens (tertiary/aromatic N) is 3. The molecule has 2 aliphatic rings. The van der Waals surface area contributed by atoms with Crippen molar-refractivity contribution in [2.75, 3.05) is 26.2 Å². The minimum atomic E-state index is -0.255. The molecule has 24 heavy (non-hydrogen) atoms. The predicted molar refractivity (Wildman–Crippen MR) is 95.9 cm³/mol. The molecule has 5 heteroatoms. The van der Waals surface area contributed by atoms with Crippen molar-refractivity contribution in [2.45, 2.75) is 25.8 Å². The number of thiazole rings is 1. The maximum Gasteiger partial charge on any atom is 0.230 e. The monoisotopic (exact) mass is 341 g/mol. The average molecular weight is 341 g/mol. The van der Waals surface area contributed by atoms with Crippen LogP contribution in [-0.4, -0.2) is 46.9 Å². The van der Waals surface area contributed by atoms with Crippen molar-refractivity contribution in [1.29, 1.82) is 0 Å². The van der Waals surface area contributed by atoms with E-state index in [0.29, 0.717) is 5.91 Å². The second-order valence-corrected chi connectivity index (χ2v) is 7.83. The first-order valence-corrected chi connectivity index (χ1v) is 9.56. The van der Waals surface area contributed by atoms with Gasteiger partial charge in [0.2, 0.25) is 5.91 Å². The lowest BCUT2D eigenvalue weighted by Gasteiger charge is -2.29. The largest absolute Gasteiger partial charge is 0.342 e. The van der Waals surface area contributed by atoms with Crippen molar-refractivity contribution in [2.24, 2.45) is 5.41 Å². The first-order valence-electron chi connectivity index (χ1n) is 8.68. The van der Waals surface area contributed by atoms with Crippen molar-refractivity contribution in [3.05, 3.63) is 52.5 Å². The average Bonchev–Trinajstić information content (AvgIpc) is 3.31. The van der Waals surface area contributed by atoms with Gasteiger partial charge in [-0.05, 0) is 18.9 Å². The van der Waals surface area contributed by atoms with E-state index in [0.717, 1.165) is 44.2 Å². The van der Waals surface area contributed by atoms with Crippen LogP contribution in [0.1, 0.15) is 29.8 Å². The summed E-state index contributed by atoms with van der Waals surface area (Å²) in [5.74, 6) is 0.628. The molecule has 0 unspecified atom stereocenters. The molecule has 0 radical (unpaired) electrons. The quantitative estimate of drug-likeness (QED) is 0.858. The molecule has 4 nitrogen and oxygen atoms in total. The maximum absolute atomic E-state index is 13.2. The highest BCUT2D eigenvalue weighted by atomic mass is 32.1. The Bertz CT molecular complexity index is 703. The summed E-state index contributed by atoms with van der Waals surface area (Å²) in [7, 11) is 0. The lowest BCUT2D eigenvalue weighted by molar-refractivity contribution is -0.136. The Morgan fingerprint density at radius 1 is 1.33 bits per heavy atom. The molecule has 3 heterocycles. The van der Waals surface area contributed by atoms with Gasteiger partial charge in [0.15, 0.2) is 0 Å². The molecular formula is C19H23N3OS. The molecule has 1 aromatic carbocycles. The second-order valence-electron chi connectivity index (χ2n) is 6.85. The van der Waals surface area contributed by atoms with Gasteiger partial charge < -0.3 is 4.90 Å². The lowest BCUT2D eigenvalue weighted by atomic mass is 9.73. The number of aromatic nitrogens is 1. The summed E-state index contributed by atoms with van der Waals surface area (Å²) < 4.78 is 0. The highest BCUT2D eigenvalue weighted by Crippen LogP contribution is 2.50. The number of carbonyl (C=O) groups excluding carboxylic acids is 1. The summed E-state index contributed by atoms with van der Waals surface area (Å²) in [6.07, 6.45) is 2.83. The molecule has 2 aromatic rings. The zero-order valence-corrected chi connectivity index (χ0v) is 14.8. The van der Waals surface area contributed by atoms with Gasteiger partial charge in [0.1, 0.15) is 5.01 Å². The Labute approximate surface area is 147 Å². The summed E-state index contributed by atoms with van der Waals surface area (Å²) >= 11 is 1.70. The molecule has 0 saturated carbocycles. The van der Waals surface area contributed by atoms with Crippen LogP contribution in [0.4, 0.5) is 0 Å². The normalized spacial score (nSPS) is 27.5. The van der Waals surface area contributed by atoms with E-state index in [4.69, 9.17) is 0 Å². The number of benzene rings is 1. The smallest absolute Gasteiger partial charge is 0.230 e. The summed E-state index contributed by atoms with van der Waals surface area (Å²) in [6, 6.07) is 10.6. The van der Waals surface area contributed by atoms with Crippen LogP contribution in [0.3, 0.4) is 0 Å². The SMILES string of the molecule is CCN1CC[C@@]2(CN(Cc3nccs3)C[C@H]2c2ccccc2)C1=O. The highest BCUT2D eigenvalue weighted by molar-refractivity contribution is 7.09. The molecule has 2 saturated heterocycles. The maximum atomic E-state index is 13.2. The fourth-order valence-electron chi connectivity index (χ4n) is 4.39. The lowest BCUT2D eigenvalue weighted by Crippen LogP contribution is -2.39. The van der Waals surface area contributed by atoms with Gasteiger partial charge in [-0.3, -0.25) is 9.69 Å². The molecule has 2 fully saturated rings. The number of hydrogen-bond acceptors (Lipinski definition) is 4. The fraction of sp³-hybridized carbons (Fsp3) is 0.474. The van der Waals surface area contributed by atoms with E-state index in [2.05, 4.69) is 41.1 Å². The summed E-state index contributed by atoms with van der Waals surface area (Å²) in [4.78, 5) is 22.1. The van der Waals surface area contributed by atoms with Gasteiger partial charge in [-0.1, -0.05) is 30.3 Å².